The van der Waals surface area contributed by atoms with Gasteiger partial charge in [-0.3, -0.25) is 4.57 Å². The van der Waals surface area contributed by atoms with E-state index in [4.69, 9.17) is 31.8 Å². The third kappa shape index (κ3) is 2.39. The lowest BCUT2D eigenvalue weighted by Crippen LogP contribution is -2.10. The molecule has 1 aromatic carbocycles. The summed E-state index contributed by atoms with van der Waals surface area (Å²) in [5.74, 6) is 2.43. The molecule has 0 aliphatic heterocycles. The molecule has 3 rings (SSSR count). The summed E-state index contributed by atoms with van der Waals surface area (Å²) in [4.78, 5) is 4.42. The zero-order chi connectivity index (χ0) is 15.7. The molecular formula is C15H15N3O3S. The number of fused-ring (bicyclic) bond motifs is 1. The predicted octanol–water partition coefficient (Wildman–Crippen LogP) is 3.01. The number of nitrogen functional groups attached to an aromatic ring is 1. The fourth-order valence-electron chi connectivity index (χ4n) is 2.29. The number of hydrogen-bond donors (Lipinski definition) is 1. The Morgan fingerprint density at radius 1 is 1.27 bits per heavy atom. The van der Waals surface area contributed by atoms with E-state index in [2.05, 4.69) is 4.98 Å². The van der Waals surface area contributed by atoms with Crippen LogP contribution in [0.25, 0.3) is 10.9 Å². The Bertz CT molecular complexity index is 872. The number of nitrogens with zero attached hydrogens (tertiary/aromatic N) is 2. The number of aromatic nitrogens is 2. The van der Waals surface area contributed by atoms with Crippen LogP contribution < -0.4 is 15.2 Å². The molecule has 0 radical (unpaired) electrons. The van der Waals surface area contributed by atoms with Crippen molar-refractivity contribution in [1.82, 2.24) is 9.55 Å². The van der Waals surface area contributed by atoms with Gasteiger partial charge in [0.2, 0.25) is 4.77 Å². The zero-order valence-corrected chi connectivity index (χ0v) is 13.0. The lowest BCUT2D eigenvalue weighted by molar-refractivity contribution is 0.355. The number of hydrogen-bond acceptors (Lipinski definition) is 6. The third-order valence-corrected chi connectivity index (χ3v) is 3.72. The highest BCUT2D eigenvalue weighted by Crippen LogP contribution is 2.33. The first-order valence-electron chi connectivity index (χ1n) is 6.58. The highest BCUT2D eigenvalue weighted by atomic mass is 32.1. The van der Waals surface area contributed by atoms with Crippen LogP contribution in [0.2, 0.25) is 0 Å². The Morgan fingerprint density at radius 2 is 2.00 bits per heavy atom. The SMILES string of the molecule is COc1cc2nc(=S)n(Cc3ccco3)c(N)c2cc1OC. The zero-order valence-electron chi connectivity index (χ0n) is 12.2. The first kappa shape index (κ1) is 14.4. The Balaban J connectivity index is 2.21. The van der Waals surface area contributed by atoms with Gasteiger partial charge in [-0.2, -0.15) is 0 Å². The maximum atomic E-state index is 6.27. The molecule has 0 atom stereocenters. The van der Waals surface area contributed by atoms with Gasteiger partial charge >= 0.3 is 0 Å². The monoisotopic (exact) mass is 317 g/mol. The summed E-state index contributed by atoms with van der Waals surface area (Å²) in [6, 6.07) is 7.24. The van der Waals surface area contributed by atoms with Crippen LogP contribution in [0.5, 0.6) is 11.5 Å². The Hall–Kier alpha value is -2.54. The number of nitrogens with two attached hydrogens (primary N) is 1. The molecule has 0 spiro atoms. The molecule has 22 heavy (non-hydrogen) atoms. The molecule has 0 fully saturated rings. The highest BCUT2D eigenvalue weighted by molar-refractivity contribution is 7.71. The number of furan rings is 1. The molecule has 0 unspecified atom stereocenters. The van der Waals surface area contributed by atoms with Crippen molar-refractivity contribution in [1.29, 1.82) is 0 Å². The van der Waals surface area contributed by atoms with Crippen LogP contribution in [0.1, 0.15) is 5.76 Å². The summed E-state index contributed by atoms with van der Waals surface area (Å²) in [6.45, 7) is 0.426. The molecule has 0 aliphatic carbocycles. The molecule has 3 aromatic rings. The van der Waals surface area contributed by atoms with Crippen LogP contribution in [0.3, 0.4) is 0 Å². The molecule has 0 bridgehead atoms. The second-order valence-electron chi connectivity index (χ2n) is 4.67. The normalized spacial score (nSPS) is 10.8. The molecule has 114 valence electrons. The molecule has 2 N–H and O–H groups in total. The molecule has 0 saturated carbocycles. The average Bonchev–Trinajstić information content (AvgIpc) is 3.03. The molecule has 0 amide bonds. The lowest BCUT2D eigenvalue weighted by atomic mass is 10.2. The third-order valence-electron chi connectivity index (χ3n) is 3.41. The first-order valence-corrected chi connectivity index (χ1v) is 6.99. The minimum absolute atomic E-state index is 0.383. The van der Waals surface area contributed by atoms with Crippen molar-refractivity contribution in [2.24, 2.45) is 0 Å². The number of ether oxygens (including phenoxy) is 2. The molecule has 0 saturated heterocycles. The molecule has 7 heteroatoms. The van der Waals surface area contributed by atoms with Crippen LogP contribution in [0.15, 0.2) is 34.9 Å². The van der Waals surface area contributed by atoms with E-state index in [0.717, 1.165) is 11.1 Å². The van der Waals surface area contributed by atoms with Crippen molar-refractivity contribution >= 4 is 28.9 Å². The van der Waals surface area contributed by atoms with E-state index in [1.807, 2.05) is 12.1 Å². The Morgan fingerprint density at radius 3 is 2.64 bits per heavy atom. The quantitative estimate of drug-likeness (QED) is 0.746. The van der Waals surface area contributed by atoms with Gasteiger partial charge in [-0.1, -0.05) is 0 Å². The van der Waals surface area contributed by atoms with E-state index >= 15 is 0 Å². The number of rotatable bonds is 4. The highest BCUT2D eigenvalue weighted by Gasteiger charge is 2.13. The van der Waals surface area contributed by atoms with Crippen molar-refractivity contribution in [3.05, 3.63) is 41.1 Å². The van der Waals surface area contributed by atoms with Gasteiger partial charge in [0.05, 0.1) is 32.5 Å². The summed E-state index contributed by atoms with van der Waals surface area (Å²) < 4.78 is 18.0. The van der Waals surface area contributed by atoms with E-state index in [1.54, 1.807) is 37.2 Å². The first-order chi connectivity index (χ1) is 10.6. The summed E-state index contributed by atoms with van der Waals surface area (Å²) in [5.41, 5.74) is 6.93. The van der Waals surface area contributed by atoms with Crippen LogP contribution in [-0.2, 0) is 6.54 Å². The molecule has 2 heterocycles. The maximum Gasteiger partial charge on any atom is 0.202 e. The van der Waals surface area contributed by atoms with Gasteiger partial charge in [-0.05, 0) is 30.4 Å². The number of benzene rings is 1. The molecular weight excluding hydrogens is 302 g/mol. The van der Waals surface area contributed by atoms with E-state index in [-0.39, 0.29) is 0 Å². The lowest BCUT2D eigenvalue weighted by Gasteiger charge is -2.14. The van der Waals surface area contributed by atoms with Crippen LogP contribution >= 0.6 is 12.2 Å². The largest absolute Gasteiger partial charge is 0.493 e. The van der Waals surface area contributed by atoms with Gasteiger partial charge in [0.25, 0.3) is 0 Å². The maximum absolute atomic E-state index is 6.27. The van der Waals surface area contributed by atoms with Crippen molar-refractivity contribution < 1.29 is 13.9 Å². The second-order valence-corrected chi connectivity index (χ2v) is 5.03. The van der Waals surface area contributed by atoms with E-state index in [1.165, 1.54) is 0 Å². The van der Waals surface area contributed by atoms with Crippen LogP contribution in [-0.4, -0.2) is 23.8 Å². The van der Waals surface area contributed by atoms with Crippen LogP contribution in [0, 0.1) is 4.77 Å². The topological polar surface area (TPSA) is 75.4 Å². The fourth-order valence-corrected chi connectivity index (χ4v) is 2.55. The van der Waals surface area contributed by atoms with Crippen molar-refractivity contribution in [2.45, 2.75) is 6.54 Å². The van der Waals surface area contributed by atoms with Crippen LogP contribution in [0.4, 0.5) is 5.82 Å². The summed E-state index contributed by atoms with van der Waals surface area (Å²) >= 11 is 5.34. The molecule has 6 nitrogen and oxygen atoms in total. The van der Waals surface area contributed by atoms with Gasteiger partial charge in [-0.15, -0.1) is 0 Å². The van der Waals surface area contributed by atoms with Gasteiger partial charge in [0, 0.05) is 11.5 Å². The van der Waals surface area contributed by atoms with E-state index in [9.17, 15) is 0 Å². The minimum atomic E-state index is 0.383. The number of anilines is 1. The standard InChI is InChI=1S/C15H15N3O3S/c1-19-12-6-10-11(7-13(12)20-2)17-15(22)18(14(10)16)8-9-4-3-5-21-9/h3-7H,8,16H2,1-2H3. The van der Waals surface area contributed by atoms with Crippen molar-refractivity contribution in [3.8, 4) is 11.5 Å². The molecule has 0 aliphatic rings. The predicted molar refractivity (Wildman–Crippen MR) is 85.9 cm³/mol. The minimum Gasteiger partial charge on any atom is -0.493 e. The Kier molecular flexibility index (Phi) is 3.72. The van der Waals surface area contributed by atoms with Gasteiger partial charge in [-0.25, -0.2) is 4.98 Å². The Labute approximate surface area is 132 Å². The van der Waals surface area contributed by atoms with Crippen molar-refractivity contribution in [3.63, 3.8) is 0 Å². The summed E-state index contributed by atoms with van der Waals surface area (Å²) in [7, 11) is 3.15. The smallest absolute Gasteiger partial charge is 0.202 e. The fraction of sp³-hybridized carbons (Fsp3) is 0.200. The number of methoxy groups -OCH3 is 2. The summed E-state index contributed by atoms with van der Waals surface area (Å²) in [5, 5.41) is 0.748. The van der Waals surface area contributed by atoms with Crippen molar-refractivity contribution in [2.75, 3.05) is 20.0 Å². The van der Waals surface area contributed by atoms with Gasteiger partial charge < -0.3 is 19.6 Å². The second kappa shape index (κ2) is 5.69. The average molecular weight is 317 g/mol. The van der Waals surface area contributed by atoms with E-state index < -0.39 is 0 Å². The van der Waals surface area contributed by atoms with E-state index in [0.29, 0.717) is 34.1 Å². The summed E-state index contributed by atoms with van der Waals surface area (Å²) in [6.07, 6.45) is 1.61. The van der Waals surface area contributed by atoms with Gasteiger partial charge in [0.1, 0.15) is 11.6 Å². The van der Waals surface area contributed by atoms with Gasteiger partial charge in [0.15, 0.2) is 11.5 Å². The molecule has 2 aromatic heterocycles.